The summed E-state index contributed by atoms with van der Waals surface area (Å²) < 4.78 is 0. The van der Waals surface area contributed by atoms with Gasteiger partial charge in [0.15, 0.2) is 0 Å². The Bertz CT molecular complexity index is 477. The Morgan fingerprint density at radius 3 is 2.71 bits per heavy atom. The molecule has 1 aromatic carbocycles. The first-order chi connectivity index (χ1) is 10.1. The van der Waals surface area contributed by atoms with E-state index in [0.29, 0.717) is 18.7 Å². The summed E-state index contributed by atoms with van der Waals surface area (Å²) in [5.74, 6) is -1.43. The Balaban J connectivity index is 2.49. The molecule has 1 unspecified atom stereocenters. The predicted octanol–water partition coefficient (Wildman–Crippen LogP) is 2.03. The van der Waals surface area contributed by atoms with Crippen LogP contribution in [-0.2, 0) is 11.3 Å². The predicted molar refractivity (Wildman–Crippen MR) is 82.3 cm³/mol. The van der Waals surface area contributed by atoms with Gasteiger partial charge in [0.05, 0.1) is 5.92 Å². The van der Waals surface area contributed by atoms with E-state index in [-0.39, 0.29) is 12.6 Å². The molecule has 0 saturated heterocycles. The molecule has 1 aromatic rings. The lowest BCUT2D eigenvalue weighted by molar-refractivity contribution is -0.141. The molecule has 1 rings (SSSR count). The molecule has 0 saturated carbocycles. The maximum atomic E-state index is 11.8. The lowest BCUT2D eigenvalue weighted by atomic mass is 10.0. The number of rotatable bonds is 8. The number of carboxylic acids is 1. The van der Waals surface area contributed by atoms with E-state index < -0.39 is 11.9 Å². The van der Waals surface area contributed by atoms with Crippen molar-refractivity contribution in [3.05, 3.63) is 29.8 Å². The minimum Gasteiger partial charge on any atom is -0.481 e. The zero-order valence-corrected chi connectivity index (χ0v) is 12.5. The van der Waals surface area contributed by atoms with E-state index in [9.17, 15) is 9.59 Å². The molecule has 6 heteroatoms. The van der Waals surface area contributed by atoms with Crippen molar-refractivity contribution in [2.75, 3.05) is 18.9 Å². The van der Waals surface area contributed by atoms with Gasteiger partial charge in [-0.05, 0) is 31.2 Å². The average molecular weight is 293 g/mol. The van der Waals surface area contributed by atoms with E-state index in [0.717, 1.165) is 12.0 Å². The van der Waals surface area contributed by atoms with Crippen LogP contribution in [0, 0.1) is 5.92 Å². The van der Waals surface area contributed by atoms with Crippen LogP contribution in [0.15, 0.2) is 24.3 Å². The quantitative estimate of drug-likeness (QED) is 0.590. The molecular formula is C15H23N3O3. The normalized spacial score (nSPS) is 11.7. The fourth-order valence-corrected chi connectivity index (χ4v) is 2.02. The topological polar surface area (TPSA) is 90.5 Å². The molecule has 6 nitrogen and oxygen atoms in total. The number of urea groups is 1. The van der Waals surface area contributed by atoms with Crippen LogP contribution in [0.3, 0.4) is 0 Å². The number of carbonyl (C=O) groups is 2. The van der Waals surface area contributed by atoms with Gasteiger partial charge in [0.25, 0.3) is 0 Å². The molecule has 2 amide bonds. The van der Waals surface area contributed by atoms with Crippen molar-refractivity contribution in [3.8, 4) is 0 Å². The van der Waals surface area contributed by atoms with Crippen molar-refractivity contribution in [3.63, 3.8) is 0 Å². The minimum atomic E-state index is -0.881. The van der Waals surface area contributed by atoms with Crippen LogP contribution in [0.5, 0.6) is 0 Å². The summed E-state index contributed by atoms with van der Waals surface area (Å²) >= 11 is 0. The Morgan fingerprint density at radius 1 is 1.33 bits per heavy atom. The summed E-state index contributed by atoms with van der Waals surface area (Å²) in [6, 6.07) is 7.09. The van der Waals surface area contributed by atoms with Crippen LogP contribution >= 0.6 is 0 Å². The van der Waals surface area contributed by atoms with Crippen LogP contribution in [0.1, 0.15) is 25.3 Å². The maximum absolute atomic E-state index is 11.8. The van der Waals surface area contributed by atoms with Gasteiger partial charge in [-0.3, -0.25) is 4.79 Å². The summed E-state index contributed by atoms with van der Waals surface area (Å²) in [5.41, 5.74) is 1.74. The first kappa shape index (κ1) is 17.0. The number of amides is 2. The standard InChI is InChI=1S/C15H23N3O3/c1-3-5-12(14(19)20)10-17-15(21)18-13-7-4-6-11(8-13)9-16-2/h4,6-8,12,16H,3,5,9-10H2,1-2H3,(H,19,20)(H2,17,18,21). The molecule has 4 N–H and O–H groups in total. The summed E-state index contributed by atoms with van der Waals surface area (Å²) in [7, 11) is 1.85. The Kier molecular flexibility index (Phi) is 7.25. The van der Waals surface area contributed by atoms with Crippen LogP contribution in [0.25, 0.3) is 0 Å². The second-order valence-corrected chi connectivity index (χ2v) is 4.89. The number of hydrogen-bond acceptors (Lipinski definition) is 3. The molecule has 0 radical (unpaired) electrons. The van der Waals surface area contributed by atoms with E-state index in [4.69, 9.17) is 5.11 Å². The number of nitrogens with one attached hydrogen (secondary N) is 3. The van der Waals surface area contributed by atoms with E-state index in [1.165, 1.54) is 0 Å². The van der Waals surface area contributed by atoms with Gasteiger partial charge >= 0.3 is 12.0 Å². The van der Waals surface area contributed by atoms with Gasteiger partial charge in [-0.15, -0.1) is 0 Å². The molecule has 0 spiro atoms. The van der Waals surface area contributed by atoms with Crippen molar-refractivity contribution in [1.82, 2.24) is 10.6 Å². The SMILES string of the molecule is CCCC(CNC(=O)Nc1cccc(CNC)c1)C(=O)O. The summed E-state index contributed by atoms with van der Waals surface area (Å²) in [6.07, 6.45) is 1.32. The molecule has 1 atom stereocenters. The lowest BCUT2D eigenvalue weighted by Crippen LogP contribution is -2.35. The van der Waals surface area contributed by atoms with Gasteiger partial charge in [0, 0.05) is 18.8 Å². The van der Waals surface area contributed by atoms with Crippen molar-refractivity contribution < 1.29 is 14.7 Å². The summed E-state index contributed by atoms with van der Waals surface area (Å²) in [5, 5.41) is 17.4. The maximum Gasteiger partial charge on any atom is 0.319 e. The average Bonchev–Trinajstić information content (AvgIpc) is 2.44. The number of benzene rings is 1. The van der Waals surface area contributed by atoms with Crippen LogP contribution in [0.2, 0.25) is 0 Å². The highest BCUT2D eigenvalue weighted by Gasteiger charge is 2.17. The molecule has 0 bridgehead atoms. The number of carboxylic acid groups (broad SMARTS) is 1. The second-order valence-electron chi connectivity index (χ2n) is 4.89. The molecule has 21 heavy (non-hydrogen) atoms. The number of anilines is 1. The summed E-state index contributed by atoms with van der Waals surface area (Å²) in [6.45, 7) is 2.77. The van der Waals surface area contributed by atoms with Crippen molar-refractivity contribution >= 4 is 17.7 Å². The van der Waals surface area contributed by atoms with E-state index in [1.807, 2.05) is 32.2 Å². The third-order valence-corrected chi connectivity index (χ3v) is 3.06. The Morgan fingerprint density at radius 2 is 2.10 bits per heavy atom. The van der Waals surface area contributed by atoms with Crippen LogP contribution < -0.4 is 16.0 Å². The Hall–Kier alpha value is -2.08. The van der Waals surface area contributed by atoms with E-state index >= 15 is 0 Å². The van der Waals surface area contributed by atoms with Gasteiger partial charge in [-0.1, -0.05) is 25.5 Å². The zero-order chi connectivity index (χ0) is 15.7. The third-order valence-electron chi connectivity index (χ3n) is 3.06. The molecular weight excluding hydrogens is 270 g/mol. The first-order valence-electron chi connectivity index (χ1n) is 7.08. The largest absolute Gasteiger partial charge is 0.481 e. The van der Waals surface area contributed by atoms with Crippen LogP contribution in [-0.4, -0.2) is 30.7 Å². The number of hydrogen-bond donors (Lipinski definition) is 4. The van der Waals surface area contributed by atoms with Gasteiger partial charge in [-0.2, -0.15) is 0 Å². The second kappa shape index (κ2) is 8.97. The monoisotopic (exact) mass is 293 g/mol. The number of aliphatic carboxylic acids is 1. The lowest BCUT2D eigenvalue weighted by Gasteiger charge is -2.13. The summed E-state index contributed by atoms with van der Waals surface area (Å²) in [4.78, 5) is 22.8. The highest BCUT2D eigenvalue weighted by atomic mass is 16.4. The fraction of sp³-hybridized carbons (Fsp3) is 0.467. The van der Waals surface area contributed by atoms with E-state index in [2.05, 4.69) is 16.0 Å². The van der Waals surface area contributed by atoms with Gasteiger partial charge in [-0.25, -0.2) is 4.79 Å². The van der Waals surface area contributed by atoms with Crippen molar-refractivity contribution in [2.45, 2.75) is 26.3 Å². The van der Waals surface area contributed by atoms with Gasteiger partial charge in [0.2, 0.25) is 0 Å². The molecule has 0 heterocycles. The molecule has 0 aliphatic rings. The third kappa shape index (κ3) is 6.27. The molecule has 0 aromatic heterocycles. The number of carbonyl (C=O) groups excluding carboxylic acids is 1. The smallest absolute Gasteiger partial charge is 0.319 e. The molecule has 0 aliphatic carbocycles. The molecule has 0 aliphatic heterocycles. The first-order valence-corrected chi connectivity index (χ1v) is 7.08. The highest BCUT2D eigenvalue weighted by Crippen LogP contribution is 2.10. The van der Waals surface area contributed by atoms with E-state index in [1.54, 1.807) is 6.07 Å². The zero-order valence-electron chi connectivity index (χ0n) is 12.5. The van der Waals surface area contributed by atoms with Crippen LogP contribution in [0.4, 0.5) is 10.5 Å². The fourth-order valence-electron chi connectivity index (χ4n) is 2.02. The molecule has 0 fully saturated rings. The Labute approximate surface area is 124 Å². The van der Waals surface area contributed by atoms with Gasteiger partial charge in [0.1, 0.15) is 0 Å². The minimum absolute atomic E-state index is 0.130. The molecule has 116 valence electrons. The highest BCUT2D eigenvalue weighted by molar-refractivity contribution is 5.89. The van der Waals surface area contributed by atoms with Crippen molar-refractivity contribution in [2.24, 2.45) is 5.92 Å². The van der Waals surface area contributed by atoms with Gasteiger partial charge < -0.3 is 21.1 Å². The van der Waals surface area contributed by atoms with Crippen molar-refractivity contribution in [1.29, 1.82) is 0 Å².